The molecule has 0 radical (unpaired) electrons. The molecule has 3 nitrogen and oxygen atoms in total. The molecular formula is C19H34N2OS. The molecule has 0 saturated heterocycles. The molecule has 1 N–H and O–H groups in total. The zero-order valence-electron chi connectivity index (χ0n) is 15.0. The van der Waals surface area contributed by atoms with Crippen molar-refractivity contribution in [2.45, 2.75) is 101 Å². The number of rotatable bonds is 14. The highest BCUT2D eigenvalue weighted by Crippen LogP contribution is 2.29. The van der Waals surface area contributed by atoms with Crippen molar-refractivity contribution in [3.05, 3.63) is 22.7 Å². The molecule has 0 fully saturated rings. The molecule has 1 heterocycles. The quantitative estimate of drug-likeness (QED) is 0.259. The minimum atomic E-state index is -0.236. The van der Waals surface area contributed by atoms with Crippen molar-refractivity contribution >= 4 is 11.8 Å². The lowest BCUT2D eigenvalue weighted by Gasteiger charge is -2.16. The molecule has 1 rings (SSSR count). The van der Waals surface area contributed by atoms with E-state index in [0.717, 1.165) is 5.03 Å². The summed E-state index contributed by atoms with van der Waals surface area (Å²) in [5.41, 5.74) is -0.236. The van der Waals surface area contributed by atoms with E-state index in [1.165, 1.54) is 77.0 Å². The van der Waals surface area contributed by atoms with Gasteiger partial charge in [0.25, 0.3) is 0 Å². The van der Waals surface area contributed by atoms with Crippen LogP contribution in [0.1, 0.15) is 90.9 Å². The fraction of sp³-hybridized carbons (Fsp3) is 0.789. The number of thioether (sulfide) groups is 1. The highest BCUT2D eigenvalue weighted by Gasteiger charge is 2.11. The van der Waals surface area contributed by atoms with Crippen molar-refractivity contribution in [1.82, 2.24) is 9.97 Å². The number of unbranched alkanes of at least 4 members (excludes halogenated alkanes) is 8. The van der Waals surface area contributed by atoms with Crippen LogP contribution >= 0.6 is 11.8 Å². The molecule has 0 aliphatic rings. The number of nitrogens with one attached hydrogen (secondary N) is 1. The summed E-state index contributed by atoms with van der Waals surface area (Å²) in [4.78, 5) is 17.9. The Balaban J connectivity index is 2.38. The Morgan fingerprint density at radius 2 is 1.52 bits per heavy atom. The van der Waals surface area contributed by atoms with E-state index in [4.69, 9.17) is 0 Å². The maximum atomic E-state index is 11.4. The maximum Gasteiger partial charge on any atom is 0.345 e. The van der Waals surface area contributed by atoms with Crippen LogP contribution in [-0.4, -0.2) is 15.2 Å². The lowest BCUT2D eigenvalue weighted by Crippen LogP contribution is -2.11. The average molecular weight is 339 g/mol. The van der Waals surface area contributed by atoms with Gasteiger partial charge >= 0.3 is 5.69 Å². The second kappa shape index (κ2) is 13.6. The number of H-pyrrole nitrogens is 1. The number of hydrogen-bond acceptors (Lipinski definition) is 3. The lowest BCUT2D eigenvalue weighted by molar-refractivity contribution is 0.551. The molecule has 0 aliphatic carbocycles. The fourth-order valence-corrected chi connectivity index (χ4v) is 4.03. The summed E-state index contributed by atoms with van der Waals surface area (Å²) in [6, 6.07) is 1.92. The van der Waals surface area contributed by atoms with Crippen LogP contribution in [0, 0.1) is 0 Å². The Morgan fingerprint density at radius 3 is 2.04 bits per heavy atom. The summed E-state index contributed by atoms with van der Waals surface area (Å²) in [5, 5.41) is 1.59. The second-order valence-electron chi connectivity index (χ2n) is 6.38. The third kappa shape index (κ3) is 10.6. The van der Waals surface area contributed by atoms with Gasteiger partial charge in [-0.1, -0.05) is 78.1 Å². The molecule has 1 aromatic heterocycles. The first-order valence-corrected chi connectivity index (χ1v) is 10.4. The first-order chi connectivity index (χ1) is 11.3. The molecule has 0 unspecified atom stereocenters. The molecule has 0 atom stereocenters. The van der Waals surface area contributed by atoms with Gasteiger partial charge in [0.05, 0.1) is 5.03 Å². The van der Waals surface area contributed by atoms with Crippen LogP contribution in [0.3, 0.4) is 0 Å². The fourth-order valence-electron chi connectivity index (χ4n) is 2.81. The van der Waals surface area contributed by atoms with Crippen molar-refractivity contribution in [1.29, 1.82) is 0 Å². The second-order valence-corrected chi connectivity index (χ2v) is 7.73. The van der Waals surface area contributed by atoms with E-state index in [0.29, 0.717) is 5.25 Å². The zero-order chi connectivity index (χ0) is 16.8. The third-order valence-corrected chi connectivity index (χ3v) is 5.50. The Bertz CT molecular complexity index is 433. The van der Waals surface area contributed by atoms with Gasteiger partial charge in [-0.3, -0.25) is 0 Å². The predicted molar refractivity (Wildman–Crippen MR) is 101 cm³/mol. The summed E-state index contributed by atoms with van der Waals surface area (Å²) >= 11 is 1.83. The summed E-state index contributed by atoms with van der Waals surface area (Å²) in [5.74, 6) is 0. The molecule has 1 aromatic rings. The summed E-state index contributed by atoms with van der Waals surface area (Å²) in [6.45, 7) is 4.52. The van der Waals surface area contributed by atoms with Crippen LogP contribution in [0.4, 0.5) is 0 Å². The molecule has 0 aliphatic heterocycles. The van der Waals surface area contributed by atoms with Gasteiger partial charge in [-0.2, -0.15) is 0 Å². The molecule has 0 bridgehead atoms. The van der Waals surface area contributed by atoms with E-state index in [9.17, 15) is 4.79 Å². The molecular weight excluding hydrogens is 304 g/mol. The van der Waals surface area contributed by atoms with Crippen LogP contribution in [-0.2, 0) is 0 Å². The van der Waals surface area contributed by atoms with E-state index in [1.54, 1.807) is 6.20 Å². The van der Waals surface area contributed by atoms with Gasteiger partial charge in [-0.15, -0.1) is 11.8 Å². The molecule has 0 spiro atoms. The monoisotopic (exact) mass is 338 g/mol. The largest absolute Gasteiger partial charge is 0.345 e. The Kier molecular flexibility index (Phi) is 12.0. The first kappa shape index (κ1) is 20.3. The SMILES string of the molecule is CCCCCCCC(CCCCCCC)Sc1ccnc(=O)[nH]1. The Morgan fingerprint density at radius 1 is 0.957 bits per heavy atom. The van der Waals surface area contributed by atoms with E-state index >= 15 is 0 Å². The van der Waals surface area contributed by atoms with Crippen LogP contribution in [0.5, 0.6) is 0 Å². The number of aromatic nitrogens is 2. The maximum absolute atomic E-state index is 11.4. The summed E-state index contributed by atoms with van der Waals surface area (Å²) < 4.78 is 0. The third-order valence-electron chi connectivity index (χ3n) is 4.20. The smallest absolute Gasteiger partial charge is 0.300 e. The molecule has 0 saturated carbocycles. The number of nitrogens with zero attached hydrogens (tertiary/aromatic N) is 1. The Labute approximate surface area is 146 Å². The van der Waals surface area contributed by atoms with Crippen molar-refractivity contribution in [3.63, 3.8) is 0 Å². The van der Waals surface area contributed by atoms with Crippen molar-refractivity contribution < 1.29 is 0 Å². The summed E-state index contributed by atoms with van der Waals surface area (Å²) in [6.07, 6.45) is 17.4. The Hall–Kier alpha value is -0.770. The standard InChI is InChI=1S/C19H34N2OS/c1-3-5-7-9-11-13-17(14-12-10-8-6-4-2)23-18-15-16-20-19(22)21-18/h15-17H,3-14H2,1-2H3,(H,20,21,22). The number of hydrogen-bond donors (Lipinski definition) is 1. The van der Waals surface area contributed by atoms with Gasteiger partial charge in [0.2, 0.25) is 0 Å². The predicted octanol–water partition coefficient (Wildman–Crippen LogP) is 5.95. The average Bonchev–Trinajstić information content (AvgIpc) is 2.54. The molecule has 4 heteroatoms. The molecule has 23 heavy (non-hydrogen) atoms. The van der Waals surface area contributed by atoms with Gasteiger partial charge in [-0.05, 0) is 18.9 Å². The lowest BCUT2D eigenvalue weighted by atomic mass is 10.0. The van der Waals surface area contributed by atoms with Gasteiger partial charge in [0, 0.05) is 11.4 Å². The van der Waals surface area contributed by atoms with Crippen molar-refractivity contribution in [3.8, 4) is 0 Å². The van der Waals surface area contributed by atoms with Gasteiger partial charge in [-0.25, -0.2) is 9.78 Å². The molecule has 0 aromatic carbocycles. The first-order valence-electron chi connectivity index (χ1n) is 9.48. The van der Waals surface area contributed by atoms with E-state index in [1.807, 2.05) is 17.8 Å². The minimum Gasteiger partial charge on any atom is -0.300 e. The normalized spacial score (nSPS) is 11.3. The van der Waals surface area contributed by atoms with Crippen LogP contribution < -0.4 is 5.69 Å². The van der Waals surface area contributed by atoms with Crippen LogP contribution in [0.25, 0.3) is 0 Å². The van der Waals surface area contributed by atoms with E-state index in [-0.39, 0.29) is 5.69 Å². The zero-order valence-corrected chi connectivity index (χ0v) is 15.8. The van der Waals surface area contributed by atoms with Crippen LogP contribution in [0.15, 0.2) is 22.1 Å². The van der Waals surface area contributed by atoms with E-state index in [2.05, 4.69) is 23.8 Å². The minimum absolute atomic E-state index is 0.236. The number of aromatic amines is 1. The van der Waals surface area contributed by atoms with Gasteiger partial charge in [0.1, 0.15) is 0 Å². The molecule has 132 valence electrons. The van der Waals surface area contributed by atoms with Gasteiger partial charge in [0.15, 0.2) is 0 Å². The topological polar surface area (TPSA) is 45.8 Å². The highest BCUT2D eigenvalue weighted by molar-refractivity contribution is 7.99. The highest BCUT2D eigenvalue weighted by atomic mass is 32.2. The van der Waals surface area contributed by atoms with Crippen molar-refractivity contribution in [2.75, 3.05) is 0 Å². The van der Waals surface area contributed by atoms with Crippen LogP contribution in [0.2, 0.25) is 0 Å². The summed E-state index contributed by atoms with van der Waals surface area (Å²) in [7, 11) is 0. The van der Waals surface area contributed by atoms with Crippen molar-refractivity contribution in [2.24, 2.45) is 0 Å². The van der Waals surface area contributed by atoms with E-state index < -0.39 is 0 Å². The van der Waals surface area contributed by atoms with Gasteiger partial charge < -0.3 is 4.98 Å². The molecule has 0 amide bonds.